The molecule has 0 heterocycles. The standard InChI is InChI=1S/C23H32IN2O5PS/c1-3-26(18-16-24)32(27,25-17-20-31-33(2,28)29)30-19-10-15-23(21-11-6-4-7-12-21)22-13-8-5-9-14-22/h4-9,11-15H,3,10,16-20H2,1-2H3,(H,25,27). The molecule has 0 aliphatic heterocycles. The van der Waals surface area contributed by atoms with Crippen LogP contribution < -0.4 is 5.09 Å². The van der Waals surface area contributed by atoms with E-state index in [-0.39, 0.29) is 19.8 Å². The molecule has 2 aromatic rings. The second kappa shape index (κ2) is 14.4. The lowest BCUT2D eigenvalue weighted by molar-refractivity contribution is 0.254. The summed E-state index contributed by atoms with van der Waals surface area (Å²) in [5, 5.41) is 2.90. The lowest BCUT2D eigenvalue weighted by Crippen LogP contribution is -2.33. The van der Waals surface area contributed by atoms with Gasteiger partial charge >= 0.3 is 7.67 Å². The largest absolute Gasteiger partial charge is 0.343 e. The van der Waals surface area contributed by atoms with Crippen LogP contribution in [0.1, 0.15) is 24.5 Å². The minimum Gasteiger partial charge on any atom is -0.306 e. The van der Waals surface area contributed by atoms with Crippen LogP contribution in [0.5, 0.6) is 0 Å². The number of nitrogens with one attached hydrogen (secondary N) is 1. The Kier molecular flexibility index (Phi) is 12.3. The molecule has 0 aromatic heterocycles. The number of benzene rings is 2. The van der Waals surface area contributed by atoms with E-state index in [2.05, 4.69) is 58.0 Å². The number of halogens is 1. The molecule has 0 radical (unpaired) electrons. The van der Waals surface area contributed by atoms with Crippen molar-refractivity contribution < 1.29 is 21.7 Å². The quantitative estimate of drug-likeness (QED) is 0.101. The lowest BCUT2D eigenvalue weighted by atomic mass is 9.97. The number of alkyl halides is 1. The predicted molar refractivity (Wildman–Crippen MR) is 143 cm³/mol. The molecule has 7 nitrogen and oxygen atoms in total. The molecule has 0 fully saturated rings. The summed E-state index contributed by atoms with van der Waals surface area (Å²) in [4.78, 5) is 0. The number of nitrogens with zero attached hydrogens (tertiary/aromatic N) is 1. The third kappa shape index (κ3) is 9.98. The predicted octanol–water partition coefficient (Wildman–Crippen LogP) is 4.96. The molecule has 2 rings (SSSR count). The SMILES string of the molecule is CCN(CCI)P(=O)(NCCOS(C)(=O)=O)OCCC=C(c1ccccc1)c1ccccc1. The van der Waals surface area contributed by atoms with Crippen molar-refractivity contribution in [3.8, 4) is 0 Å². The molecule has 2 aromatic carbocycles. The summed E-state index contributed by atoms with van der Waals surface area (Å²) in [6.45, 7) is 3.27. The van der Waals surface area contributed by atoms with Crippen molar-refractivity contribution in [1.29, 1.82) is 0 Å². The van der Waals surface area contributed by atoms with Gasteiger partial charge in [0.1, 0.15) is 0 Å². The van der Waals surface area contributed by atoms with Gasteiger partial charge in [0.2, 0.25) is 0 Å². The molecule has 10 heteroatoms. The summed E-state index contributed by atoms with van der Waals surface area (Å²) in [6.07, 6.45) is 3.64. The van der Waals surface area contributed by atoms with Crippen LogP contribution in [-0.2, 0) is 23.4 Å². The second-order valence-electron chi connectivity index (χ2n) is 7.16. The highest BCUT2D eigenvalue weighted by Crippen LogP contribution is 2.46. The topological polar surface area (TPSA) is 84.9 Å². The summed E-state index contributed by atoms with van der Waals surface area (Å²) in [5.74, 6) is 0. The molecule has 0 bridgehead atoms. The minimum absolute atomic E-state index is 0.0945. The third-order valence-electron chi connectivity index (χ3n) is 4.69. The van der Waals surface area contributed by atoms with Crippen LogP contribution in [0.4, 0.5) is 0 Å². The summed E-state index contributed by atoms with van der Waals surface area (Å²) in [6, 6.07) is 20.2. The van der Waals surface area contributed by atoms with E-state index in [1.807, 2.05) is 43.3 Å². The highest BCUT2D eigenvalue weighted by Gasteiger charge is 2.30. The maximum Gasteiger partial charge on any atom is 0.343 e. The molecule has 0 spiro atoms. The van der Waals surface area contributed by atoms with Crippen LogP contribution in [0, 0.1) is 0 Å². The van der Waals surface area contributed by atoms with Gasteiger partial charge in [0, 0.05) is 24.1 Å². The molecule has 0 saturated carbocycles. The van der Waals surface area contributed by atoms with E-state index in [0.29, 0.717) is 19.5 Å². The van der Waals surface area contributed by atoms with Crippen molar-refractivity contribution in [3.63, 3.8) is 0 Å². The fourth-order valence-electron chi connectivity index (χ4n) is 3.20. The molecule has 0 aliphatic carbocycles. The van der Waals surface area contributed by atoms with Gasteiger partial charge in [-0.25, -0.2) is 9.76 Å². The summed E-state index contributed by atoms with van der Waals surface area (Å²) < 4.78 is 49.2. The van der Waals surface area contributed by atoms with Crippen molar-refractivity contribution in [1.82, 2.24) is 9.76 Å². The zero-order valence-corrected chi connectivity index (χ0v) is 22.9. The van der Waals surface area contributed by atoms with E-state index in [4.69, 9.17) is 8.71 Å². The Bertz CT molecular complexity index is 978. The van der Waals surface area contributed by atoms with Crippen LogP contribution in [0.25, 0.3) is 5.57 Å². The van der Waals surface area contributed by atoms with Gasteiger partial charge in [-0.2, -0.15) is 8.42 Å². The molecule has 1 N–H and O–H groups in total. The summed E-state index contributed by atoms with van der Waals surface area (Å²) in [5.41, 5.74) is 3.29. The zero-order valence-electron chi connectivity index (χ0n) is 19.0. The molecule has 0 saturated heterocycles. The molecule has 0 amide bonds. The van der Waals surface area contributed by atoms with Crippen molar-refractivity contribution in [3.05, 3.63) is 77.9 Å². The fraction of sp³-hybridized carbons (Fsp3) is 0.391. The van der Waals surface area contributed by atoms with Crippen LogP contribution in [0.3, 0.4) is 0 Å². The smallest absolute Gasteiger partial charge is 0.306 e. The molecule has 33 heavy (non-hydrogen) atoms. The van der Waals surface area contributed by atoms with E-state index >= 15 is 0 Å². The van der Waals surface area contributed by atoms with Gasteiger partial charge in [-0.05, 0) is 23.1 Å². The van der Waals surface area contributed by atoms with Crippen LogP contribution >= 0.6 is 30.3 Å². The molecular formula is C23H32IN2O5PS. The fourth-order valence-corrected chi connectivity index (χ4v) is 6.47. The summed E-state index contributed by atoms with van der Waals surface area (Å²) >= 11 is 2.23. The maximum atomic E-state index is 13.6. The Morgan fingerprint density at radius 2 is 1.64 bits per heavy atom. The second-order valence-corrected chi connectivity index (χ2v) is 12.1. The van der Waals surface area contributed by atoms with Crippen molar-refractivity contribution in [2.45, 2.75) is 13.3 Å². The molecule has 0 aliphatic rings. The number of hydrogen-bond donors (Lipinski definition) is 1. The summed E-state index contributed by atoms with van der Waals surface area (Å²) in [7, 11) is -6.91. The Labute approximate surface area is 211 Å². The third-order valence-corrected chi connectivity index (χ3v) is 8.15. The Hall–Kier alpha value is -1.07. The normalized spacial score (nSPS) is 13.6. The van der Waals surface area contributed by atoms with Gasteiger partial charge < -0.3 is 4.52 Å². The van der Waals surface area contributed by atoms with Gasteiger partial charge in [-0.1, -0.05) is 96.3 Å². The van der Waals surface area contributed by atoms with Gasteiger partial charge in [-0.3, -0.25) is 8.75 Å². The first-order valence-corrected chi connectivity index (χ1v) is 15.7. The van der Waals surface area contributed by atoms with Crippen molar-refractivity contribution in [2.75, 3.05) is 43.5 Å². The van der Waals surface area contributed by atoms with Gasteiger partial charge in [0.05, 0.1) is 19.5 Å². The highest BCUT2D eigenvalue weighted by atomic mass is 127. The average Bonchev–Trinajstić information content (AvgIpc) is 2.81. The molecular weight excluding hydrogens is 574 g/mol. The first kappa shape index (κ1) is 28.2. The Morgan fingerprint density at radius 3 is 2.12 bits per heavy atom. The first-order valence-electron chi connectivity index (χ1n) is 10.8. The molecule has 182 valence electrons. The van der Waals surface area contributed by atoms with Crippen molar-refractivity contribution in [2.24, 2.45) is 0 Å². The maximum absolute atomic E-state index is 13.6. The van der Waals surface area contributed by atoms with Crippen LogP contribution in [-0.4, -0.2) is 56.6 Å². The van der Waals surface area contributed by atoms with Gasteiger partial charge in [-0.15, -0.1) is 0 Å². The first-order chi connectivity index (χ1) is 15.8. The number of hydrogen-bond acceptors (Lipinski definition) is 5. The average molecular weight is 606 g/mol. The Morgan fingerprint density at radius 1 is 1.06 bits per heavy atom. The van der Waals surface area contributed by atoms with Gasteiger partial charge in [0.15, 0.2) is 0 Å². The van der Waals surface area contributed by atoms with E-state index < -0.39 is 17.8 Å². The number of rotatable bonds is 15. The zero-order chi connectivity index (χ0) is 24.2. The van der Waals surface area contributed by atoms with E-state index in [1.54, 1.807) is 4.67 Å². The highest BCUT2D eigenvalue weighted by molar-refractivity contribution is 14.1. The monoisotopic (exact) mass is 606 g/mol. The van der Waals surface area contributed by atoms with Crippen molar-refractivity contribution >= 4 is 46.0 Å². The van der Waals surface area contributed by atoms with E-state index in [9.17, 15) is 13.0 Å². The van der Waals surface area contributed by atoms with E-state index in [1.165, 1.54) is 0 Å². The Balaban J connectivity index is 2.11. The van der Waals surface area contributed by atoms with E-state index in [0.717, 1.165) is 27.4 Å². The lowest BCUT2D eigenvalue weighted by Gasteiger charge is -2.30. The van der Waals surface area contributed by atoms with Crippen LogP contribution in [0.2, 0.25) is 0 Å². The minimum atomic E-state index is -3.55. The molecule has 1 atom stereocenters. The van der Waals surface area contributed by atoms with Gasteiger partial charge in [0.25, 0.3) is 10.1 Å². The van der Waals surface area contributed by atoms with Crippen LogP contribution in [0.15, 0.2) is 66.7 Å². The molecule has 1 unspecified atom stereocenters.